The van der Waals surface area contributed by atoms with Crippen molar-refractivity contribution < 1.29 is 9.53 Å². The maximum Gasteiger partial charge on any atom is 0.146 e. The largest absolute Gasteiger partial charge is 0.497 e. The molecule has 0 bridgehead atoms. The Hall–Kier alpha value is -3.75. The van der Waals surface area contributed by atoms with Gasteiger partial charge in [-0.15, -0.1) is 0 Å². The molecule has 1 aromatic heterocycles. The van der Waals surface area contributed by atoms with E-state index in [-0.39, 0.29) is 6.04 Å². The third kappa shape index (κ3) is 3.52. The van der Waals surface area contributed by atoms with Crippen molar-refractivity contribution in [2.45, 2.75) is 18.9 Å². The molecule has 1 aliphatic rings. The van der Waals surface area contributed by atoms with Gasteiger partial charge >= 0.3 is 0 Å². The molecule has 0 fully saturated rings. The first kappa shape index (κ1) is 19.2. The summed E-state index contributed by atoms with van der Waals surface area (Å²) < 4.78 is 5.26. The Morgan fingerprint density at radius 2 is 1.77 bits per heavy atom. The highest BCUT2D eigenvalue weighted by atomic mass is 16.5. The molecule has 4 nitrogen and oxygen atoms in total. The van der Waals surface area contributed by atoms with E-state index in [1.54, 1.807) is 7.11 Å². The SMILES string of the molecule is COc1ccc(CC(=C=O)N2CCc3c([nH]c4ccccc34)C2c2ccccc2)cc1. The molecule has 1 unspecified atom stereocenters. The third-order valence-corrected chi connectivity index (χ3v) is 6.14. The maximum atomic E-state index is 12.2. The van der Waals surface area contributed by atoms with Gasteiger partial charge in [0.15, 0.2) is 0 Å². The first-order valence-electron chi connectivity index (χ1n) is 10.6. The minimum atomic E-state index is -0.0490. The summed E-state index contributed by atoms with van der Waals surface area (Å²) in [5.41, 5.74) is 6.55. The van der Waals surface area contributed by atoms with Crippen molar-refractivity contribution in [3.8, 4) is 5.75 Å². The number of fused-ring (bicyclic) bond motifs is 3. The predicted octanol–water partition coefficient (Wildman–Crippen LogP) is 5.08. The number of benzene rings is 3. The lowest BCUT2D eigenvalue weighted by Gasteiger charge is -2.38. The first-order chi connectivity index (χ1) is 15.3. The van der Waals surface area contributed by atoms with Crippen molar-refractivity contribution in [3.05, 3.63) is 107 Å². The Morgan fingerprint density at radius 3 is 2.52 bits per heavy atom. The van der Waals surface area contributed by atoms with Gasteiger partial charge < -0.3 is 14.6 Å². The van der Waals surface area contributed by atoms with Crippen LogP contribution in [-0.4, -0.2) is 29.5 Å². The maximum absolute atomic E-state index is 12.2. The number of aromatic amines is 1. The Bertz CT molecular complexity index is 1250. The molecule has 0 aliphatic carbocycles. The summed E-state index contributed by atoms with van der Waals surface area (Å²) in [7, 11) is 1.65. The molecule has 0 saturated heterocycles. The fraction of sp³-hybridized carbons (Fsp3) is 0.185. The van der Waals surface area contributed by atoms with Gasteiger partial charge in [-0.25, -0.2) is 4.79 Å². The topological polar surface area (TPSA) is 45.3 Å². The Morgan fingerprint density at radius 1 is 1.03 bits per heavy atom. The van der Waals surface area contributed by atoms with E-state index in [2.05, 4.69) is 64.4 Å². The fourth-order valence-electron chi connectivity index (χ4n) is 4.65. The van der Waals surface area contributed by atoms with Crippen molar-refractivity contribution in [3.63, 3.8) is 0 Å². The predicted molar refractivity (Wildman–Crippen MR) is 123 cm³/mol. The molecule has 5 rings (SSSR count). The van der Waals surface area contributed by atoms with Gasteiger partial charge in [0.1, 0.15) is 17.4 Å². The number of H-pyrrole nitrogens is 1. The number of hydrogen-bond donors (Lipinski definition) is 1. The van der Waals surface area contributed by atoms with E-state index >= 15 is 0 Å². The molecular weight excluding hydrogens is 384 g/mol. The fourth-order valence-corrected chi connectivity index (χ4v) is 4.65. The highest BCUT2D eigenvalue weighted by Gasteiger charge is 2.33. The van der Waals surface area contributed by atoms with E-state index in [0.29, 0.717) is 12.1 Å². The number of para-hydroxylation sites is 1. The van der Waals surface area contributed by atoms with Crippen LogP contribution >= 0.6 is 0 Å². The standard InChI is InChI=1S/C27H24N2O2/c1-31-22-13-11-19(12-14-22)17-21(18-30)29-16-15-24-23-9-5-6-10-25(23)28-26(24)27(29)20-7-3-2-4-8-20/h2-14,27-28H,15-17H2,1H3. The van der Waals surface area contributed by atoms with Crippen LogP contribution in [0.1, 0.15) is 28.4 Å². The molecule has 2 heterocycles. The molecule has 0 radical (unpaired) electrons. The Labute approximate surface area is 181 Å². The Kier molecular flexibility index (Phi) is 5.07. The molecule has 154 valence electrons. The second-order valence-corrected chi connectivity index (χ2v) is 7.89. The lowest BCUT2D eigenvalue weighted by Crippen LogP contribution is -2.36. The quantitative estimate of drug-likeness (QED) is 0.468. The molecule has 0 amide bonds. The van der Waals surface area contributed by atoms with Crippen molar-refractivity contribution in [1.82, 2.24) is 9.88 Å². The molecule has 1 atom stereocenters. The number of nitrogens with zero attached hydrogens (tertiary/aromatic N) is 1. The van der Waals surface area contributed by atoms with Crippen LogP contribution < -0.4 is 4.74 Å². The van der Waals surface area contributed by atoms with Crippen LogP contribution in [0.4, 0.5) is 0 Å². The number of methoxy groups -OCH3 is 1. The zero-order chi connectivity index (χ0) is 21.2. The summed E-state index contributed by atoms with van der Waals surface area (Å²) in [5, 5.41) is 1.27. The zero-order valence-electron chi connectivity index (χ0n) is 17.5. The molecule has 0 saturated carbocycles. The van der Waals surface area contributed by atoms with E-state index in [0.717, 1.165) is 35.4 Å². The number of hydrogen-bond acceptors (Lipinski definition) is 3. The van der Waals surface area contributed by atoms with Gasteiger partial charge in [-0.1, -0.05) is 60.7 Å². The molecule has 1 aliphatic heterocycles. The van der Waals surface area contributed by atoms with Crippen molar-refractivity contribution in [2.75, 3.05) is 13.7 Å². The number of nitrogens with one attached hydrogen (secondary N) is 1. The van der Waals surface area contributed by atoms with Gasteiger partial charge in [0.05, 0.1) is 13.2 Å². The van der Waals surface area contributed by atoms with Gasteiger partial charge in [0.2, 0.25) is 0 Å². The van der Waals surface area contributed by atoms with Gasteiger partial charge in [0, 0.05) is 29.6 Å². The van der Waals surface area contributed by atoms with Crippen molar-refractivity contribution >= 4 is 16.8 Å². The zero-order valence-corrected chi connectivity index (χ0v) is 17.5. The van der Waals surface area contributed by atoms with Gasteiger partial charge in [-0.05, 0) is 41.3 Å². The second kappa shape index (κ2) is 8.17. The smallest absolute Gasteiger partial charge is 0.146 e. The van der Waals surface area contributed by atoms with Crippen LogP contribution in [0.5, 0.6) is 5.75 Å². The number of allylic oxidation sites excluding steroid dienone is 1. The molecular formula is C27H24N2O2. The normalized spacial score (nSPS) is 15.4. The van der Waals surface area contributed by atoms with Crippen LogP contribution in [0.2, 0.25) is 0 Å². The molecule has 4 aromatic rings. The number of ether oxygens (including phenoxy) is 1. The van der Waals surface area contributed by atoms with Crippen molar-refractivity contribution in [1.29, 1.82) is 0 Å². The summed E-state index contributed by atoms with van der Waals surface area (Å²) in [4.78, 5) is 18.0. The summed E-state index contributed by atoms with van der Waals surface area (Å²) in [6.45, 7) is 0.773. The lowest BCUT2D eigenvalue weighted by atomic mass is 9.91. The summed E-state index contributed by atoms with van der Waals surface area (Å²) in [6, 6.07) is 26.7. The van der Waals surface area contributed by atoms with Crippen molar-refractivity contribution in [2.24, 2.45) is 0 Å². The Balaban J connectivity index is 1.57. The monoisotopic (exact) mass is 408 g/mol. The van der Waals surface area contributed by atoms with E-state index in [1.807, 2.05) is 30.3 Å². The van der Waals surface area contributed by atoms with Gasteiger partial charge in [-0.3, -0.25) is 0 Å². The highest BCUT2D eigenvalue weighted by Crippen LogP contribution is 2.40. The minimum absolute atomic E-state index is 0.0490. The highest BCUT2D eigenvalue weighted by molar-refractivity contribution is 5.85. The summed E-state index contributed by atoms with van der Waals surface area (Å²) in [6.07, 6.45) is 1.42. The second-order valence-electron chi connectivity index (χ2n) is 7.89. The summed E-state index contributed by atoms with van der Waals surface area (Å²) >= 11 is 0. The third-order valence-electron chi connectivity index (χ3n) is 6.14. The average Bonchev–Trinajstić information content (AvgIpc) is 3.21. The van der Waals surface area contributed by atoms with Gasteiger partial charge in [-0.2, -0.15) is 0 Å². The van der Waals surface area contributed by atoms with Crippen LogP contribution in [-0.2, 0) is 17.6 Å². The van der Waals surface area contributed by atoms with Crippen LogP contribution in [0.25, 0.3) is 10.9 Å². The van der Waals surface area contributed by atoms with E-state index in [9.17, 15) is 4.79 Å². The van der Waals surface area contributed by atoms with Gasteiger partial charge in [0.25, 0.3) is 0 Å². The molecule has 4 heteroatoms. The van der Waals surface area contributed by atoms with E-state index in [4.69, 9.17) is 4.74 Å². The number of carbonyl (C=O) groups excluding carboxylic acids is 1. The number of rotatable bonds is 5. The van der Waals surface area contributed by atoms with Crippen LogP contribution in [0, 0.1) is 0 Å². The van der Waals surface area contributed by atoms with E-state index in [1.165, 1.54) is 16.6 Å². The van der Waals surface area contributed by atoms with Crippen LogP contribution in [0.15, 0.2) is 84.6 Å². The molecule has 31 heavy (non-hydrogen) atoms. The molecule has 0 spiro atoms. The first-order valence-corrected chi connectivity index (χ1v) is 10.6. The molecule has 3 aromatic carbocycles. The van der Waals surface area contributed by atoms with Crippen LogP contribution in [0.3, 0.4) is 0 Å². The van der Waals surface area contributed by atoms with E-state index < -0.39 is 0 Å². The minimum Gasteiger partial charge on any atom is -0.497 e. The molecule has 1 N–H and O–H groups in total. The average molecular weight is 409 g/mol. The summed E-state index contributed by atoms with van der Waals surface area (Å²) in [5.74, 6) is 3.07. The lowest BCUT2D eigenvalue weighted by molar-refractivity contribution is 0.267. The number of aromatic nitrogens is 1.